The van der Waals surface area contributed by atoms with Gasteiger partial charge in [0.05, 0.1) is 12.0 Å². The van der Waals surface area contributed by atoms with Crippen LogP contribution >= 0.6 is 45.6 Å². The summed E-state index contributed by atoms with van der Waals surface area (Å²) < 4.78 is 23.5. The van der Waals surface area contributed by atoms with Gasteiger partial charge in [-0.05, 0) is 62.8 Å². The van der Waals surface area contributed by atoms with Crippen LogP contribution in [0.15, 0.2) is 36.8 Å². The number of rotatable bonds is 8. The standard InChI is InChI=1S/C19H27BClIO5.C6H4ClN3/c1-4-25-20(22)9-5-6-12-10-13(21)7-8-14(12)16(23)18-17-15(11-24-18)26-19(2,3)27-17;7-5-4-1-2-8-6(4)10-3-9-5/h7-8,10,15-18,23H,4-6,9,11H2,1-3H3;1-3H,(H,8,9,10). The topological polar surface area (TPSA) is 98.7 Å². The molecule has 0 spiro atoms. The van der Waals surface area contributed by atoms with Crippen molar-refractivity contribution in [3.05, 3.63) is 58.1 Å². The lowest BCUT2D eigenvalue weighted by molar-refractivity contribution is -0.184. The zero-order chi connectivity index (χ0) is 26.6. The van der Waals surface area contributed by atoms with Crippen LogP contribution < -0.4 is 0 Å². The van der Waals surface area contributed by atoms with Gasteiger partial charge in [0.15, 0.2) is 5.79 Å². The van der Waals surface area contributed by atoms with Gasteiger partial charge in [0.1, 0.15) is 41.5 Å². The van der Waals surface area contributed by atoms with E-state index in [-0.39, 0.29) is 17.0 Å². The number of aliphatic hydroxyl groups is 1. The minimum Gasteiger partial charge on any atom is -0.426 e. The quantitative estimate of drug-likeness (QED) is 0.179. The van der Waals surface area contributed by atoms with E-state index in [2.05, 4.69) is 37.3 Å². The smallest absolute Gasteiger partial charge is 0.365 e. The van der Waals surface area contributed by atoms with Gasteiger partial charge in [0.25, 0.3) is 0 Å². The van der Waals surface area contributed by atoms with Crippen molar-refractivity contribution in [2.24, 2.45) is 0 Å². The largest absolute Gasteiger partial charge is 0.426 e. The molecule has 2 aliphatic heterocycles. The van der Waals surface area contributed by atoms with E-state index < -0.39 is 18.0 Å². The number of hydrogen-bond donors (Lipinski definition) is 2. The Balaban J connectivity index is 0.000000265. The van der Waals surface area contributed by atoms with Crippen LogP contribution in [0.5, 0.6) is 0 Å². The molecule has 2 saturated heterocycles. The van der Waals surface area contributed by atoms with Gasteiger partial charge in [-0.2, -0.15) is 0 Å². The number of nitrogens with one attached hydrogen (secondary N) is 1. The van der Waals surface area contributed by atoms with Crippen LogP contribution in [-0.2, 0) is 25.3 Å². The van der Waals surface area contributed by atoms with Crippen LogP contribution in [-0.4, -0.2) is 62.1 Å². The first-order valence-corrected chi connectivity index (χ1v) is 14.3. The molecule has 2 fully saturated rings. The SMILES string of the molecule is CCOB(I)CCCc1cc(Cl)ccc1C(O)C1OCC2OC(C)(C)OC21.Clc1ncnc2[nH]ccc12. The number of ether oxygens (including phenoxy) is 3. The summed E-state index contributed by atoms with van der Waals surface area (Å²) in [6.07, 6.45) is 4.31. The van der Waals surface area contributed by atoms with Crippen molar-refractivity contribution in [2.75, 3.05) is 13.2 Å². The minimum absolute atomic E-state index is 0.138. The molecule has 2 aromatic heterocycles. The second-order valence-corrected chi connectivity index (χ2v) is 11.6. The monoisotopic (exact) mass is 661 g/mol. The first-order valence-electron chi connectivity index (χ1n) is 12.3. The van der Waals surface area contributed by atoms with Gasteiger partial charge in [0.2, 0.25) is 0 Å². The Hall–Kier alpha value is -0.985. The second kappa shape index (κ2) is 12.9. The predicted octanol–water partition coefficient (Wildman–Crippen LogP) is 5.80. The fourth-order valence-electron chi connectivity index (χ4n) is 4.66. The van der Waals surface area contributed by atoms with Crippen molar-refractivity contribution in [2.45, 2.75) is 70.1 Å². The van der Waals surface area contributed by atoms with Crippen LogP contribution in [0.2, 0.25) is 16.5 Å². The molecule has 0 saturated carbocycles. The van der Waals surface area contributed by atoms with E-state index >= 15 is 0 Å². The molecule has 4 heterocycles. The third-order valence-corrected chi connectivity index (χ3v) is 7.78. The van der Waals surface area contributed by atoms with Crippen LogP contribution in [0.3, 0.4) is 0 Å². The highest BCUT2D eigenvalue weighted by Gasteiger charge is 2.52. The highest BCUT2D eigenvalue weighted by atomic mass is 127. The molecule has 5 rings (SSSR count). The Morgan fingerprint density at radius 3 is 2.84 bits per heavy atom. The number of H-pyrrole nitrogens is 1. The molecule has 1 aromatic carbocycles. The number of benzene rings is 1. The zero-order valence-electron chi connectivity index (χ0n) is 21.0. The van der Waals surface area contributed by atoms with E-state index in [0.717, 1.165) is 41.3 Å². The number of hydrogen-bond acceptors (Lipinski definition) is 7. The molecule has 4 atom stereocenters. The maximum absolute atomic E-state index is 11.1. The third-order valence-electron chi connectivity index (χ3n) is 6.26. The molecule has 200 valence electrons. The fraction of sp³-hybridized carbons (Fsp3) is 0.520. The molecule has 37 heavy (non-hydrogen) atoms. The van der Waals surface area contributed by atoms with Gasteiger partial charge >= 0.3 is 4.77 Å². The molecule has 0 aliphatic carbocycles. The summed E-state index contributed by atoms with van der Waals surface area (Å²) in [5, 5.41) is 13.1. The van der Waals surface area contributed by atoms with Crippen LogP contribution in [0, 0.1) is 0 Å². The van der Waals surface area contributed by atoms with Crippen LogP contribution in [0.25, 0.3) is 11.0 Å². The summed E-state index contributed by atoms with van der Waals surface area (Å²) in [5.74, 6) is -0.644. The predicted molar refractivity (Wildman–Crippen MR) is 153 cm³/mol. The van der Waals surface area contributed by atoms with Gasteiger partial charge in [-0.15, -0.1) is 22.4 Å². The first-order chi connectivity index (χ1) is 17.7. The number of aliphatic hydroxyl groups excluding tert-OH is 1. The first kappa shape index (κ1) is 29.0. The molecule has 12 heteroatoms. The molecular weight excluding hydrogens is 631 g/mol. The van der Waals surface area contributed by atoms with E-state index in [0.29, 0.717) is 23.4 Å². The van der Waals surface area contributed by atoms with Crippen molar-refractivity contribution in [3.8, 4) is 0 Å². The van der Waals surface area contributed by atoms with E-state index in [9.17, 15) is 5.11 Å². The molecular formula is C25H31BCl2IN3O5. The Kier molecular flexibility index (Phi) is 10.1. The second-order valence-electron chi connectivity index (χ2n) is 9.39. The van der Waals surface area contributed by atoms with Crippen molar-refractivity contribution < 1.29 is 24.0 Å². The number of aromatic amines is 1. The maximum Gasteiger partial charge on any atom is 0.365 e. The van der Waals surface area contributed by atoms with Crippen molar-refractivity contribution in [3.63, 3.8) is 0 Å². The average Bonchev–Trinajstić information content (AvgIpc) is 3.54. The fourth-order valence-corrected chi connectivity index (χ4v) is 5.85. The Bertz CT molecular complexity index is 1190. The molecule has 3 aromatic rings. The maximum atomic E-state index is 11.1. The van der Waals surface area contributed by atoms with Gasteiger partial charge in [-0.3, -0.25) is 0 Å². The molecule has 0 bridgehead atoms. The molecule has 2 N–H and O–H groups in total. The van der Waals surface area contributed by atoms with Gasteiger partial charge in [-0.1, -0.05) is 35.7 Å². The lowest BCUT2D eigenvalue weighted by Crippen LogP contribution is -2.34. The number of aromatic nitrogens is 3. The summed E-state index contributed by atoms with van der Waals surface area (Å²) in [4.78, 5) is 10.7. The summed E-state index contributed by atoms with van der Waals surface area (Å²) in [7, 11) is 0. The average molecular weight is 662 g/mol. The molecule has 0 amide bonds. The van der Waals surface area contributed by atoms with Gasteiger partial charge in [0, 0.05) is 17.8 Å². The molecule has 8 nitrogen and oxygen atoms in total. The minimum atomic E-state index is -0.785. The molecule has 2 aliphatic rings. The lowest BCUT2D eigenvalue weighted by Gasteiger charge is -2.26. The highest BCUT2D eigenvalue weighted by Crippen LogP contribution is 2.40. The van der Waals surface area contributed by atoms with Crippen LogP contribution in [0.1, 0.15) is 44.4 Å². The third kappa shape index (κ3) is 7.36. The van der Waals surface area contributed by atoms with E-state index in [1.165, 1.54) is 6.33 Å². The lowest BCUT2D eigenvalue weighted by atomic mass is 9.87. The van der Waals surface area contributed by atoms with Crippen molar-refractivity contribution >= 4 is 61.4 Å². The number of nitrogens with zero attached hydrogens (tertiary/aromatic N) is 2. The van der Waals surface area contributed by atoms with E-state index in [1.54, 1.807) is 6.20 Å². The van der Waals surface area contributed by atoms with E-state index in [1.807, 2.05) is 45.0 Å². The highest BCUT2D eigenvalue weighted by molar-refractivity contribution is 14.1. The number of fused-ring (bicyclic) bond motifs is 2. The zero-order valence-corrected chi connectivity index (χ0v) is 24.7. The van der Waals surface area contributed by atoms with E-state index in [4.69, 9.17) is 42.1 Å². The van der Waals surface area contributed by atoms with Crippen molar-refractivity contribution in [1.29, 1.82) is 0 Å². The summed E-state index contributed by atoms with van der Waals surface area (Å²) in [6.45, 7) is 6.93. The summed E-state index contributed by atoms with van der Waals surface area (Å²) in [5.41, 5.74) is 2.67. The number of aryl methyl sites for hydroxylation is 1. The summed E-state index contributed by atoms with van der Waals surface area (Å²) >= 11 is 14.3. The molecule has 4 unspecified atom stereocenters. The van der Waals surface area contributed by atoms with Crippen LogP contribution in [0.4, 0.5) is 0 Å². The number of halogens is 3. The Labute approximate surface area is 240 Å². The van der Waals surface area contributed by atoms with Gasteiger partial charge in [-0.25, -0.2) is 9.97 Å². The summed E-state index contributed by atoms with van der Waals surface area (Å²) in [6, 6.07) is 7.49. The Morgan fingerprint density at radius 2 is 2.08 bits per heavy atom. The van der Waals surface area contributed by atoms with Gasteiger partial charge < -0.3 is 29.0 Å². The molecule has 0 radical (unpaired) electrons. The van der Waals surface area contributed by atoms with Crippen molar-refractivity contribution in [1.82, 2.24) is 15.0 Å². The normalized spacial score (nSPS) is 22.9. The Morgan fingerprint density at radius 1 is 1.27 bits per heavy atom.